The molecule has 2 unspecified atom stereocenters. The molecule has 1 saturated carbocycles. The monoisotopic (exact) mass is 281 g/mol. The molecular weight excluding hydrogens is 258 g/mol. The highest BCUT2D eigenvalue weighted by Gasteiger charge is 2.52. The van der Waals surface area contributed by atoms with Gasteiger partial charge < -0.3 is 15.5 Å². The summed E-state index contributed by atoms with van der Waals surface area (Å²) < 4.78 is 0. The van der Waals surface area contributed by atoms with Crippen molar-refractivity contribution >= 4 is 11.9 Å². The maximum atomic E-state index is 12.5. The first-order valence-corrected chi connectivity index (χ1v) is 7.32. The lowest BCUT2D eigenvalue weighted by atomic mass is 9.81. The van der Waals surface area contributed by atoms with E-state index in [2.05, 4.69) is 5.32 Å². The van der Waals surface area contributed by atoms with Gasteiger partial charge in [-0.05, 0) is 31.1 Å². The molecule has 4 atom stereocenters. The SMILES string of the molecule is CCC(CC)(CO)NC(=O)[C@H]1C2C=CC(C2)[C@H]1C(=O)O. The molecule has 0 aromatic carbocycles. The van der Waals surface area contributed by atoms with E-state index in [0.717, 1.165) is 6.42 Å². The average molecular weight is 281 g/mol. The van der Waals surface area contributed by atoms with E-state index in [1.54, 1.807) is 0 Å². The van der Waals surface area contributed by atoms with E-state index < -0.39 is 23.3 Å². The third-order valence-electron chi connectivity index (χ3n) is 5.09. The minimum Gasteiger partial charge on any atom is -0.481 e. The van der Waals surface area contributed by atoms with Gasteiger partial charge in [-0.3, -0.25) is 9.59 Å². The zero-order valence-corrected chi connectivity index (χ0v) is 12.0. The van der Waals surface area contributed by atoms with Crippen molar-refractivity contribution in [3.8, 4) is 0 Å². The van der Waals surface area contributed by atoms with Crippen molar-refractivity contribution in [3.05, 3.63) is 12.2 Å². The van der Waals surface area contributed by atoms with Crippen molar-refractivity contribution in [1.29, 1.82) is 0 Å². The average Bonchev–Trinajstić information content (AvgIpc) is 3.05. The highest BCUT2D eigenvalue weighted by Crippen LogP contribution is 2.48. The topological polar surface area (TPSA) is 86.6 Å². The molecule has 3 N–H and O–H groups in total. The number of fused-ring (bicyclic) bond motifs is 2. The summed E-state index contributed by atoms with van der Waals surface area (Å²) in [7, 11) is 0. The molecular formula is C15H23NO4. The molecule has 0 aromatic heterocycles. The largest absolute Gasteiger partial charge is 0.481 e. The van der Waals surface area contributed by atoms with Gasteiger partial charge in [0.2, 0.25) is 5.91 Å². The van der Waals surface area contributed by atoms with Gasteiger partial charge in [0.25, 0.3) is 0 Å². The molecule has 2 aliphatic carbocycles. The highest BCUT2D eigenvalue weighted by atomic mass is 16.4. The molecule has 2 bridgehead atoms. The first-order chi connectivity index (χ1) is 9.48. The maximum absolute atomic E-state index is 12.5. The molecule has 0 saturated heterocycles. The standard InChI is InChI=1S/C15H23NO4/c1-3-15(4-2,8-17)16-13(18)11-9-5-6-10(7-9)12(11)14(19)20/h5-6,9-12,17H,3-4,7-8H2,1-2H3,(H,16,18)(H,19,20)/t9?,10?,11-,12+/m0/s1. The van der Waals surface area contributed by atoms with Crippen LogP contribution in [0.5, 0.6) is 0 Å². The van der Waals surface area contributed by atoms with Gasteiger partial charge >= 0.3 is 5.97 Å². The summed E-state index contributed by atoms with van der Waals surface area (Å²) in [6, 6.07) is 0. The molecule has 5 nitrogen and oxygen atoms in total. The summed E-state index contributed by atoms with van der Waals surface area (Å²) in [5.74, 6) is -2.27. The van der Waals surface area contributed by atoms with E-state index in [-0.39, 0.29) is 24.3 Å². The van der Waals surface area contributed by atoms with Crippen molar-refractivity contribution in [1.82, 2.24) is 5.32 Å². The number of amides is 1. The van der Waals surface area contributed by atoms with Crippen molar-refractivity contribution in [2.24, 2.45) is 23.7 Å². The lowest BCUT2D eigenvalue weighted by molar-refractivity contribution is -0.148. The first kappa shape index (κ1) is 15.0. The molecule has 2 aliphatic rings. The number of carbonyl (C=O) groups is 2. The summed E-state index contributed by atoms with van der Waals surface area (Å²) >= 11 is 0. The number of rotatable bonds is 6. The number of carbonyl (C=O) groups excluding carboxylic acids is 1. The molecule has 112 valence electrons. The van der Waals surface area contributed by atoms with Crippen LogP contribution in [0.3, 0.4) is 0 Å². The van der Waals surface area contributed by atoms with Crippen LogP contribution in [0.1, 0.15) is 33.1 Å². The highest BCUT2D eigenvalue weighted by molar-refractivity contribution is 5.87. The summed E-state index contributed by atoms with van der Waals surface area (Å²) in [5, 5.41) is 21.8. The summed E-state index contributed by atoms with van der Waals surface area (Å²) in [6.07, 6.45) is 5.89. The fourth-order valence-electron chi connectivity index (χ4n) is 3.55. The van der Waals surface area contributed by atoms with Crippen molar-refractivity contribution in [2.75, 3.05) is 6.61 Å². The van der Waals surface area contributed by atoms with Gasteiger partial charge in [-0.15, -0.1) is 0 Å². The van der Waals surface area contributed by atoms with Gasteiger partial charge in [0.1, 0.15) is 0 Å². The lowest BCUT2D eigenvalue weighted by Gasteiger charge is -2.34. The smallest absolute Gasteiger partial charge is 0.307 e. The van der Waals surface area contributed by atoms with E-state index in [1.807, 2.05) is 26.0 Å². The Morgan fingerprint density at radius 3 is 2.20 bits per heavy atom. The summed E-state index contributed by atoms with van der Waals surface area (Å²) in [4.78, 5) is 23.9. The number of carboxylic acids is 1. The quantitative estimate of drug-likeness (QED) is 0.638. The van der Waals surface area contributed by atoms with Crippen LogP contribution < -0.4 is 5.32 Å². The zero-order chi connectivity index (χ0) is 14.9. The Hall–Kier alpha value is -1.36. The van der Waals surface area contributed by atoms with E-state index >= 15 is 0 Å². The van der Waals surface area contributed by atoms with E-state index in [0.29, 0.717) is 12.8 Å². The van der Waals surface area contributed by atoms with Gasteiger partial charge in [-0.1, -0.05) is 26.0 Å². The maximum Gasteiger partial charge on any atom is 0.307 e. The van der Waals surface area contributed by atoms with Crippen molar-refractivity contribution in [3.63, 3.8) is 0 Å². The molecule has 2 rings (SSSR count). The van der Waals surface area contributed by atoms with Gasteiger partial charge in [0.15, 0.2) is 0 Å². The van der Waals surface area contributed by atoms with Crippen molar-refractivity contribution < 1.29 is 19.8 Å². The van der Waals surface area contributed by atoms with Gasteiger partial charge in [0.05, 0.1) is 24.0 Å². The van der Waals surface area contributed by atoms with E-state index in [9.17, 15) is 19.8 Å². The fourth-order valence-corrected chi connectivity index (χ4v) is 3.55. The summed E-state index contributed by atoms with van der Waals surface area (Å²) in [5.41, 5.74) is -0.633. The molecule has 0 heterocycles. The van der Waals surface area contributed by atoms with Crippen LogP contribution in [-0.4, -0.2) is 34.2 Å². The van der Waals surface area contributed by atoms with E-state index in [1.165, 1.54) is 0 Å². The Balaban J connectivity index is 2.16. The summed E-state index contributed by atoms with van der Waals surface area (Å²) in [6.45, 7) is 3.70. The third kappa shape index (κ3) is 2.35. The number of nitrogens with one attached hydrogen (secondary N) is 1. The van der Waals surface area contributed by atoms with Crippen LogP contribution in [0.25, 0.3) is 0 Å². The number of hydrogen-bond acceptors (Lipinski definition) is 3. The number of aliphatic hydroxyl groups is 1. The number of carboxylic acid groups (broad SMARTS) is 1. The van der Waals surface area contributed by atoms with Gasteiger partial charge in [0, 0.05) is 0 Å². The number of allylic oxidation sites excluding steroid dienone is 2. The van der Waals surface area contributed by atoms with Crippen LogP contribution in [0.15, 0.2) is 12.2 Å². The lowest BCUT2D eigenvalue weighted by Crippen LogP contribution is -2.54. The minimum absolute atomic E-state index is 0.0196. The van der Waals surface area contributed by atoms with Crippen LogP contribution in [0.2, 0.25) is 0 Å². The minimum atomic E-state index is -0.899. The predicted octanol–water partition coefficient (Wildman–Crippen LogP) is 1.18. The molecule has 0 aliphatic heterocycles. The second kappa shape index (κ2) is 5.56. The van der Waals surface area contributed by atoms with Crippen molar-refractivity contribution in [2.45, 2.75) is 38.6 Å². The van der Waals surface area contributed by atoms with Gasteiger partial charge in [-0.25, -0.2) is 0 Å². The second-order valence-corrected chi connectivity index (χ2v) is 5.97. The molecule has 5 heteroatoms. The van der Waals surface area contributed by atoms with Crippen LogP contribution in [-0.2, 0) is 9.59 Å². The Bertz CT molecular complexity index is 419. The van der Waals surface area contributed by atoms with Crippen LogP contribution >= 0.6 is 0 Å². The second-order valence-electron chi connectivity index (χ2n) is 5.97. The Morgan fingerprint density at radius 1 is 1.20 bits per heavy atom. The number of aliphatic hydroxyl groups excluding tert-OH is 1. The van der Waals surface area contributed by atoms with Gasteiger partial charge in [-0.2, -0.15) is 0 Å². The molecule has 1 fully saturated rings. The molecule has 1 amide bonds. The number of hydrogen-bond donors (Lipinski definition) is 3. The molecule has 20 heavy (non-hydrogen) atoms. The molecule has 0 aromatic rings. The first-order valence-electron chi connectivity index (χ1n) is 7.32. The number of aliphatic carboxylic acids is 1. The third-order valence-corrected chi connectivity index (χ3v) is 5.09. The fraction of sp³-hybridized carbons (Fsp3) is 0.733. The predicted molar refractivity (Wildman–Crippen MR) is 73.9 cm³/mol. The van der Waals surface area contributed by atoms with E-state index in [4.69, 9.17) is 0 Å². The normalized spacial score (nSPS) is 31.6. The molecule has 0 spiro atoms. The Labute approximate surface area is 119 Å². The van der Waals surface area contributed by atoms with Crippen LogP contribution in [0.4, 0.5) is 0 Å². The zero-order valence-electron chi connectivity index (χ0n) is 12.0. The Morgan fingerprint density at radius 2 is 1.75 bits per heavy atom. The Kier molecular flexibility index (Phi) is 4.18. The molecule has 0 radical (unpaired) electrons. The van der Waals surface area contributed by atoms with Crippen LogP contribution in [0, 0.1) is 23.7 Å².